The molecule has 5 aromatic rings. The summed E-state index contributed by atoms with van der Waals surface area (Å²) < 4.78 is 20.4. The summed E-state index contributed by atoms with van der Waals surface area (Å²) in [6.45, 7) is 3.35. The number of H-pyrrole nitrogens is 2. The van der Waals surface area contributed by atoms with Crippen molar-refractivity contribution in [2.24, 2.45) is 0 Å². The molecule has 0 saturated carbocycles. The van der Waals surface area contributed by atoms with E-state index in [0.29, 0.717) is 18.3 Å². The number of aromatic nitrogens is 4. The Morgan fingerprint density at radius 1 is 1.03 bits per heavy atom. The van der Waals surface area contributed by atoms with Gasteiger partial charge in [-0.3, -0.25) is 5.10 Å². The molecule has 8 heteroatoms. The van der Waals surface area contributed by atoms with E-state index in [4.69, 9.17) is 4.74 Å². The van der Waals surface area contributed by atoms with E-state index in [2.05, 4.69) is 49.7 Å². The van der Waals surface area contributed by atoms with Crippen LogP contribution in [0.1, 0.15) is 24.3 Å². The van der Waals surface area contributed by atoms with Gasteiger partial charge in [0, 0.05) is 29.6 Å². The molecule has 3 aromatic heterocycles. The van der Waals surface area contributed by atoms with E-state index in [-0.39, 0.29) is 5.82 Å². The van der Waals surface area contributed by atoms with Gasteiger partial charge in [-0.05, 0) is 99.0 Å². The minimum Gasteiger partial charge on any atom is -0.492 e. The highest BCUT2D eigenvalue weighted by molar-refractivity contribution is 6.00. The molecule has 0 bridgehead atoms. The van der Waals surface area contributed by atoms with Crippen molar-refractivity contribution >= 4 is 21.9 Å². The third kappa shape index (κ3) is 4.82. The summed E-state index contributed by atoms with van der Waals surface area (Å²) in [6, 6.07) is 15.4. The van der Waals surface area contributed by atoms with Crippen molar-refractivity contribution in [1.82, 2.24) is 30.4 Å². The first-order valence-corrected chi connectivity index (χ1v) is 12.8. The Morgan fingerprint density at radius 2 is 1.89 bits per heavy atom. The topological polar surface area (TPSA) is 81.9 Å². The van der Waals surface area contributed by atoms with Gasteiger partial charge in [-0.15, -0.1) is 0 Å². The van der Waals surface area contributed by atoms with Gasteiger partial charge in [-0.25, -0.2) is 9.37 Å². The lowest BCUT2D eigenvalue weighted by molar-refractivity contribution is 0.260. The Morgan fingerprint density at radius 3 is 2.73 bits per heavy atom. The largest absolute Gasteiger partial charge is 0.492 e. The van der Waals surface area contributed by atoms with Gasteiger partial charge >= 0.3 is 0 Å². The number of rotatable bonds is 7. The van der Waals surface area contributed by atoms with Crippen molar-refractivity contribution in [3.05, 3.63) is 66.1 Å². The summed E-state index contributed by atoms with van der Waals surface area (Å²) in [5.74, 6) is 0.745. The average molecular weight is 499 g/mol. The Kier molecular flexibility index (Phi) is 6.36. The number of fused-ring (bicyclic) bond motifs is 2. The molecule has 2 aromatic carbocycles. The van der Waals surface area contributed by atoms with Crippen LogP contribution in [0.5, 0.6) is 5.75 Å². The van der Waals surface area contributed by atoms with E-state index in [1.54, 1.807) is 6.20 Å². The van der Waals surface area contributed by atoms with E-state index in [0.717, 1.165) is 76.9 Å². The maximum absolute atomic E-state index is 14.6. The molecule has 4 heterocycles. The molecule has 0 spiro atoms. The third-order valence-electron chi connectivity index (χ3n) is 7.17. The fourth-order valence-electron chi connectivity index (χ4n) is 5.20. The van der Waals surface area contributed by atoms with Crippen LogP contribution in [0.15, 0.2) is 54.7 Å². The first-order chi connectivity index (χ1) is 18.0. The molecule has 6 rings (SSSR count). The molecule has 0 amide bonds. The summed E-state index contributed by atoms with van der Waals surface area (Å²) in [7, 11) is 3.96. The van der Waals surface area contributed by atoms with Crippen molar-refractivity contribution in [2.45, 2.75) is 18.8 Å². The summed E-state index contributed by atoms with van der Waals surface area (Å²) >= 11 is 0. The van der Waals surface area contributed by atoms with Gasteiger partial charge in [0.15, 0.2) is 0 Å². The maximum Gasteiger partial charge on any atom is 0.138 e. The van der Waals surface area contributed by atoms with Gasteiger partial charge in [0.2, 0.25) is 0 Å². The molecule has 0 unspecified atom stereocenters. The lowest BCUT2D eigenvalue weighted by Gasteiger charge is -2.23. The lowest BCUT2D eigenvalue weighted by Crippen LogP contribution is -2.26. The van der Waals surface area contributed by atoms with E-state index in [1.807, 2.05) is 31.1 Å². The Balaban J connectivity index is 1.37. The molecule has 190 valence electrons. The number of benzene rings is 2. The number of likely N-dealkylation sites (N-methyl/N-ethyl adjacent to an activating group) is 1. The Bertz CT molecular complexity index is 1550. The van der Waals surface area contributed by atoms with E-state index < -0.39 is 0 Å². The van der Waals surface area contributed by atoms with Gasteiger partial charge in [-0.2, -0.15) is 5.10 Å². The quantitative estimate of drug-likeness (QED) is 0.283. The number of ether oxygens (including phenoxy) is 1. The van der Waals surface area contributed by atoms with Crippen LogP contribution in [0.25, 0.3) is 44.5 Å². The molecule has 37 heavy (non-hydrogen) atoms. The fourth-order valence-corrected chi connectivity index (χ4v) is 5.20. The number of halogens is 1. The molecule has 0 atom stereocenters. The zero-order valence-electron chi connectivity index (χ0n) is 21.1. The van der Waals surface area contributed by atoms with Crippen molar-refractivity contribution in [3.63, 3.8) is 0 Å². The van der Waals surface area contributed by atoms with Gasteiger partial charge < -0.3 is 19.9 Å². The first-order valence-electron chi connectivity index (χ1n) is 12.8. The first kappa shape index (κ1) is 23.6. The molecule has 0 aliphatic carbocycles. The van der Waals surface area contributed by atoms with Crippen LogP contribution in [0.3, 0.4) is 0 Å². The Hall–Kier alpha value is -3.75. The van der Waals surface area contributed by atoms with Crippen LogP contribution in [0, 0.1) is 5.82 Å². The number of piperidine rings is 1. The van der Waals surface area contributed by atoms with Crippen LogP contribution >= 0.6 is 0 Å². The second-order valence-corrected chi connectivity index (χ2v) is 10.0. The molecular formula is C29H31FN6O. The van der Waals surface area contributed by atoms with Crippen molar-refractivity contribution < 1.29 is 9.13 Å². The van der Waals surface area contributed by atoms with Crippen LogP contribution in [0.4, 0.5) is 4.39 Å². The van der Waals surface area contributed by atoms with Crippen LogP contribution in [-0.2, 0) is 0 Å². The lowest BCUT2D eigenvalue weighted by atomic mass is 9.89. The second kappa shape index (κ2) is 9.95. The number of hydrogen-bond donors (Lipinski definition) is 3. The average Bonchev–Trinajstić information content (AvgIpc) is 3.52. The van der Waals surface area contributed by atoms with Crippen LogP contribution in [-0.4, -0.2) is 65.4 Å². The number of hydrogen-bond acceptors (Lipinski definition) is 5. The van der Waals surface area contributed by atoms with Crippen molar-refractivity contribution in [2.75, 3.05) is 40.3 Å². The fraction of sp³-hybridized carbons (Fsp3) is 0.310. The number of nitrogens with one attached hydrogen (secondary N) is 3. The minimum atomic E-state index is -0.332. The normalized spacial score (nSPS) is 14.7. The minimum absolute atomic E-state index is 0.332. The molecule has 0 radical (unpaired) electrons. The third-order valence-corrected chi connectivity index (χ3v) is 7.17. The summed E-state index contributed by atoms with van der Waals surface area (Å²) in [5.41, 5.74) is 6.47. The smallest absolute Gasteiger partial charge is 0.138 e. The highest BCUT2D eigenvalue weighted by atomic mass is 19.1. The number of pyridine rings is 1. The maximum atomic E-state index is 14.6. The van der Waals surface area contributed by atoms with Gasteiger partial charge in [0.1, 0.15) is 29.5 Å². The van der Waals surface area contributed by atoms with Crippen molar-refractivity contribution in [3.8, 4) is 28.3 Å². The zero-order chi connectivity index (χ0) is 25.4. The SMILES string of the molecule is CN(C)CCOc1cc(F)cc(-c2ccnc3[nH]c(-c4n[nH]c5ccc(C6CCNCC6)cc45)cc23)c1. The molecule has 1 aliphatic rings. The van der Waals surface area contributed by atoms with Crippen LogP contribution < -0.4 is 10.1 Å². The molecule has 1 fully saturated rings. The predicted molar refractivity (Wildman–Crippen MR) is 145 cm³/mol. The van der Waals surface area contributed by atoms with E-state index >= 15 is 0 Å². The van der Waals surface area contributed by atoms with Gasteiger partial charge in [-0.1, -0.05) is 6.07 Å². The van der Waals surface area contributed by atoms with Gasteiger partial charge in [0.25, 0.3) is 0 Å². The molecule has 7 nitrogen and oxygen atoms in total. The molecule has 1 saturated heterocycles. The highest BCUT2D eigenvalue weighted by Gasteiger charge is 2.19. The van der Waals surface area contributed by atoms with Crippen molar-refractivity contribution in [1.29, 1.82) is 0 Å². The molecule has 1 aliphatic heterocycles. The molecular weight excluding hydrogens is 467 g/mol. The predicted octanol–water partition coefficient (Wildman–Crippen LogP) is 5.32. The zero-order valence-corrected chi connectivity index (χ0v) is 21.1. The van der Waals surface area contributed by atoms with E-state index in [1.165, 1.54) is 17.7 Å². The van der Waals surface area contributed by atoms with Crippen LogP contribution in [0.2, 0.25) is 0 Å². The monoisotopic (exact) mass is 498 g/mol. The standard InChI is InChI=1S/C29H31FN6O/c1-36(2)11-12-37-22-14-20(13-21(30)16-22)23-7-10-32-29-24(23)17-27(33-29)28-25-15-19(3-4-26(25)34-35-28)18-5-8-31-9-6-18/h3-4,7,10,13-18,31H,5-6,8-9,11-12H2,1-2H3,(H,32,33)(H,34,35). The summed E-state index contributed by atoms with van der Waals surface area (Å²) in [5, 5.41) is 13.3. The summed E-state index contributed by atoms with van der Waals surface area (Å²) in [6.07, 6.45) is 4.03. The van der Waals surface area contributed by atoms with Gasteiger partial charge in [0.05, 0.1) is 11.2 Å². The second-order valence-electron chi connectivity index (χ2n) is 10.0. The summed E-state index contributed by atoms with van der Waals surface area (Å²) in [4.78, 5) is 10.0. The Labute approximate surface area is 215 Å². The highest BCUT2D eigenvalue weighted by Crippen LogP contribution is 2.36. The number of aromatic amines is 2. The van der Waals surface area contributed by atoms with E-state index in [9.17, 15) is 4.39 Å². The number of nitrogens with zero attached hydrogens (tertiary/aromatic N) is 3. The molecule has 3 N–H and O–H groups in total.